The normalized spacial score (nSPS) is 27.3. The van der Waals surface area contributed by atoms with Gasteiger partial charge in [0.05, 0.1) is 0 Å². The Bertz CT molecular complexity index is 281. The Kier molecular flexibility index (Phi) is 4.25. The van der Waals surface area contributed by atoms with Gasteiger partial charge in [0.25, 0.3) is 0 Å². The van der Waals surface area contributed by atoms with Crippen LogP contribution in [0.3, 0.4) is 0 Å². The molecule has 82 valence electrons. The zero-order chi connectivity index (χ0) is 10.5. The lowest BCUT2D eigenvalue weighted by Crippen LogP contribution is -2.15. The van der Waals surface area contributed by atoms with Crippen LogP contribution in [-0.2, 0) is 6.42 Å². The van der Waals surface area contributed by atoms with Crippen molar-refractivity contribution in [2.75, 3.05) is 0 Å². The van der Waals surface area contributed by atoms with Crippen LogP contribution >= 0.6 is 15.9 Å². The van der Waals surface area contributed by atoms with Crippen molar-refractivity contribution < 1.29 is 0 Å². The predicted molar refractivity (Wildman–Crippen MR) is 69.4 cm³/mol. The Morgan fingerprint density at radius 1 is 1.00 bits per heavy atom. The Morgan fingerprint density at radius 3 is 2.53 bits per heavy atom. The Labute approximate surface area is 101 Å². The minimum Gasteiger partial charge on any atom is -0.0888 e. The molecule has 1 aliphatic carbocycles. The van der Waals surface area contributed by atoms with E-state index in [0.29, 0.717) is 0 Å². The zero-order valence-electron chi connectivity index (χ0n) is 9.16. The summed E-state index contributed by atoms with van der Waals surface area (Å²) in [6, 6.07) is 10.9. The minimum atomic E-state index is 0.736. The average molecular weight is 267 g/mol. The van der Waals surface area contributed by atoms with Gasteiger partial charge in [-0.1, -0.05) is 65.5 Å². The number of rotatable bonds is 2. The van der Waals surface area contributed by atoms with Crippen molar-refractivity contribution in [3.05, 3.63) is 35.9 Å². The number of hydrogen-bond acceptors (Lipinski definition) is 0. The van der Waals surface area contributed by atoms with Crippen molar-refractivity contribution >= 4 is 15.9 Å². The molecule has 2 atom stereocenters. The van der Waals surface area contributed by atoms with E-state index in [1.807, 2.05) is 0 Å². The highest BCUT2D eigenvalue weighted by Crippen LogP contribution is 2.31. The van der Waals surface area contributed by atoms with E-state index >= 15 is 0 Å². The van der Waals surface area contributed by atoms with E-state index in [4.69, 9.17) is 0 Å². The lowest BCUT2D eigenvalue weighted by molar-refractivity contribution is 0.475. The van der Waals surface area contributed by atoms with Gasteiger partial charge >= 0.3 is 0 Å². The third-order valence-electron chi connectivity index (χ3n) is 3.41. The molecular weight excluding hydrogens is 248 g/mol. The minimum absolute atomic E-state index is 0.736. The SMILES string of the molecule is BrC1CCCCCC1Cc1ccccc1. The molecule has 0 N–H and O–H groups in total. The second-order valence-electron chi connectivity index (χ2n) is 4.60. The summed E-state index contributed by atoms with van der Waals surface area (Å²) >= 11 is 3.86. The highest BCUT2D eigenvalue weighted by Gasteiger charge is 2.21. The van der Waals surface area contributed by atoms with E-state index in [-0.39, 0.29) is 0 Å². The first kappa shape index (κ1) is 11.2. The van der Waals surface area contributed by atoms with Gasteiger partial charge in [0.1, 0.15) is 0 Å². The fraction of sp³-hybridized carbons (Fsp3) is 0.571. The maximum atomic E-state index is 3.86. The lowest BCUT2D eigenvalue weighted by Gasteiger charge is -2.19. The molecule has 0 spiro atoms. The van der Waals surface area contributed by atoms with Crippen LogP contribution in [-0.4, -0.2) is 4.83 Å². The van der Waals surface area contributed by atoms with Crippen LogP contribution in [0.1, 0.15) is 37.7 Å². The van der Waals surface area contributed by atoms with Gasteiger partial charge in [-0.2, -0.15) is 0 Å². The van der Waals surface area contributed by atoms with Crippen molar-refractivity contribution in [3.63, 3.8) is 0 Å². The molecule has 0 saturated heterocycles. The van der Waals surface area contributed by atoms with Gasteiger partial charge < -0.3 is 0 Å². The number of alkyl halides is 1. The fourth-order valence-corrected chi connectivity index (χ4v) is 3.26. The molecule has 0 radical (unpaired) electrons. The Hall–Kier alpha value is -0.300. The third kappa shape index (κ3) is 3.34. The van der Waals surface area contributed by atoms with E-state index in [9.17, 15) is 0 Å². The fourth-order valence-electron chi connectivity index (χ4n) is 2.49. The molecule has 0 bridgehead atoms. The number of benzene rings is 1. The standard InChI is InChI=1S/C14H19Br/c15-14-10-6-2-5-9-13(14)11-12-7-3-1-4-8-12/h1,3-4,7-8,13-14H,2,5-6,9-11H2. The van der Waals surface area contributed by atoms with Crippen LogP contribution in [0.4, 0.5) is 0 Å². The molecule has 1 saturated carbocycles. The molecule has 1 aliphatic rings. The maximum Gasteiger partial charge on any atom is 0.0177 e. The molecule has 1 heteroatoms. The molecule has 1 aromatic rings. The van der Waals surface area contributed by atoms with Crippen LogP contribution in [0.25, 0.3) is 0 Å². The third-order valence-corrected chi connectivity index (χ3v) is 4.61. The quantitative estimate of drug-likeness (QED) is 0.543. The molecule has 1 aromatic carbocycles. The summed E-state index contributed by atoms with van der Waals surface area (Å²) in [5.41, 5.74) is 1.49. The van der Waals surface area contributed by atoms with Crippen LogP contribution in [0.15, 0.2) is 30.3 Å². The first-order valence-electron chi connectivity index (χ1n) is 6.04. The van der Waals surface area contributed by atoms with Gasteiger partial charge in [-0.05, 0) is 30.7 Å². The molecule has 2 unspecified atom stereocenters. The Morgan fingerprint density at radius 2 is 1.73 bits per heavy atom. The predicted octanol–water partition coefficient (Wildman–Crippen LogP) is 4.57. The first-order chi connectivity index (χ1) is 7.36. The van der Waals surface area contributed by atoms with Gasteiger partial charge in [0.15, 0.2) is 0 Å². The molecule has 1 fully saturated rings. The van der Waals surface area contributed by atoms with E-state index in [1.165, 1.54) is 44.1 Å². The molecule has 0 aromatic heterocycles. The van der Waals surface area contributed by atoms with E-state index in [2.05, 4.69) is 46.3 Å². The van der Waals surface area contributed by atoms with Crippen molar-refractivity contribution in [2.24, 2.45) is 5.92 Å². The number of hydrogen-bond donors (Lipinski definition) is 0. The smallest absolute Gasteiger partial charge is 0.0177 e. The van der Waals surface area contributed by atoms with Gasteiger partial charge in [-0.25, -0.2) is 0 Å². The highest BCUT2D eigenvalue weighted by molar-refractivity contribution is 9.09. The van der Waals surface area contributed by atoms with Gasteiger partial charge in [0, 0.05) is 4.83 Å². The van der Waals surface area contributed by atoms with Gasteiger partial charge in [-0.3, -0.25) is 0 Å². The van der Waals surface area contributed by atoms with E-state index in [0.717, 1.165) is 10.7 Å². The van der Waals surface area contributed by atoms with Gasteiger partial charge in [0.2, 0.25) is 0 Å². The molecule has 0 nitrogen and oxygen atoms in total. The van der Waals surface area contributed by atoms with Crippen LogP contribution in [0.2, 0.25) is 0 Å². The molecule has 0 amide bonds. The molecule has 0 heterocycles. The lowest BCUT2D eigenvalue weighted by atomic mass is 9.92. The van der Waals surface area contributed by atoms with Crippen molar-refractivity contribution in [1.82, 2.24) is 0 Å². The molecule has 15 heavy (non-hydrogen) atoms. The van der Waals surface area contributed by atoms with Crippen molar-refractivity contribution in [1.29, 1.82) is 0 Å². The van der Waals surface area contributed by atoms with Crippen LogP contribution < -0.4 is 0 Å². The topological polar surface area (TPSA) is 0 Å². The molecule has 2 rings (SSSR count). The summed E-state index contributed by atoms with van der Waals surface area (Å²) in [6.07, 6.45) is 8.24. The summed E-state index contributed by atoms with van der Waals surface area (Å²) in [6.45, 7) is 0. The molecular formula is C14H19Br. The van der Waals surface area contributed by atoms with E-state index in [1.54, 1.807) is 0 Å². The summed E-state index contributed by atoms with van der Waals surface area (Å²) < 4.78 is 0. The molecule has 0 aliphatic heterocycles. The summed E-state index contributed by atoms with van der Waals surface area (Å²) in [4.78, 5) is 0.736. The maximum absolute atomic E-state index is 3.86. The van der Waals surface area contributed by atoms with Gasteiger partial charge in [-0.15, -0.1) is 0 Å². The summed E-state index contributed by atoms with van der Waals surface area (Å²) in [7, 11) is 0. The Balaban J connectivity index is 1.97. The van der Waals surface area contributed by atoms with E-state index < -0.39 is 0 Å². The number of halogens is 1. The summed E-state index contributed by atoms with van der Waals surface area (Å²) in [5, 5.41) is 0. The van der Waals surface area contributed by atoms with Crippen molar-refractivity contribution in [2.45, 2.75) is 43.4 Å². The average Bonchev–Trinajstić information content (AvgIpc) is 2.46. The van der Waals surface area contributed by atoms with Crippen molar-refractivity contribution in [3.8, 4) is 0 Å². The second kappa shape index (κ2) is 5.69. The first-order valence-corrected chi connectivity index (χ1v) is 6.96. The highest BCUT2D eigenvalue weighted by atomic mass is 79.9. The largest absolute Gasteiger partial charge is 0.0888 e. The summed E-state index contributed by atoms with van der Waals surface area (Å²) in [5.74, 6) is 0.842. The monoisotopic (exact) mass is 266 g/mol. The van der Waals surface area contributed by atoms with Crippen LogP contribution in [0.5, 0.6) is 0 Å². The zero-order valence-corrected chi connectivity index (χ0v) is 10.7. The second-order valence-corrected chi connectivity index (χ2v) is 5.78. The van der Waals surface area contributed by atoms with Crippen LogP contribution in [0, 0.1) is 5.92 Å².